The zero-order valence-electron chi connectivity index (χ0n) is 14.3. The molecule has 138 valence electrons. The molecule has 2 aromatic carbocycles. The fourth-order valence-electron chi connectivity index (χ4n) is 3.17. The average molecular weight is 379 g/mol. The summed E-state index contributed by atoms with van der Waals surface area (Å²) in [5, 5.41) is 0.610. The smallest absolute Gasteiger partial charge is 0.296 e. The van der Waals surface area contributed by atoms with E-state index in [9.17, 15) is 13.6 Å². The number of nitrogens with zero attached hydrogens (tertiary/aromatic N) is 1. The van der Waals surface area contributed by atoms with Crippen LogP contribution >= 0.6 is 11.6 Å². The Kier molecular flexibility index (Phi) is 5.58. The van der Waals surface area contributed by atoms with Crippen molar-refractivity contribution in [3.8, 4) is 11.1 Å². The van der Waals surface area contributed by atoms with Gasteiger partial charge in [-0.1, -0.05) is 48.0 Å². The molecule has 1 saturated heterocycles. The molecule has 6 heteroatoms. The van der Waals surface area contributed by atoms with Gasteiger partial charge in [-0.3, -0.25) is 4.79 Å². The Morgan fingerprint density at radius 1 is 0.962 bits per heavy atom. The summed E-state index contributed by atoms with van der Waals surface area (Å²) in [5.74, 6) is -4.11. The van der Waals surface area contributed by atoms with E-state index in [1.807, 2.05) is 12.1 Å². The summed E-state index contributed by atoms with van der Waals surface area (Å²) in [5.41, 5.74) is 7.07. The maximum atomic E-state index is 14.8. The summed E-state index contributed by atoms with van der Waals surface area (Å²) in [6.45, 7) is 0.996. The van der Waals surface area contributed by atoms with Crippen LogP contribution in [-0.4, -0.2) is 29.9 Å². The highest BCUT2D eigenvalue weighted by atomic mass is 35.5. The van der Waals surface area contributed by atoms with Crippen LogP contribution in [0, 0.1) is 0 Å². The van der Waals surface area contributed by atoms with Gasteiger partial charge in [0.2, 0.25) is 5.91 Å². The number of alkyl halides is 2. The van der Waals surface area contributed by atoms with E-state index in [1.54, 1.807) is 24.3 Å². The van der Waals surface area contributed by atoms with E-state index in [1.165, 1.54) is 17.0 Å². The van der Waals surface area contributed by atoms with E-state index in [4.69, 9.17) is 17.3 Å². The zero-order chi connectivity index (χ0) is 18.7. The van der Waals surface area contributed by atoms with Crippen LogP contribution in [0.1, 0.15) is 24.8 Å². The monoisotopic (exact) mass is 378 g/mol. The van der Waals surface area contributed by atoms with Gasteiger partial charge < -0.3 is 10.6 Å². The summed E-state index contributed by atoms with van der Waals surface area (Å²) in [6.07, 6.45) is 2.68. The maximum Gasteiger partial charge on any atom is 0.296 e. The first-order valence-electron chi connectivity index (χ1n) is 8.68. The Bertz CT molecular complexity index is 756. The molecule has 26 heavy (non-hydrogen) atoms. The number of halogens is 3. The molecule has 0 spiro atoms. The standard InChI is InChI=1S/C20H21ClF2N2O/c21-17-10-6-15(7-11-17)14-4-8-16(9-5-14)20(22,23)18(24)19(26)25-12-2-1-3-13-25/h4-11,18H,1-3,12-13,24H2. The van der Waals surface area contributed by atoms with Crippen molar-refractivity contribution in [1.29, 1.82) is 0 Å². The molecule has 1 amide bonds. The van der Waals surface area contributed by atoms with Crippen molar-refractivity contribution in [2.45, 2.75) is 31.2 Å². The number of nitrogens with two attached hydrogens (primary N) is 1. The molecule has 3 rings (SSSR count). The van der Waals surface area contributed by atoms with Gasteiger partial charge in [-0.15, -0.1) is 0 Å². The number of carbonyl (C=O) groups is 1. The third-order valence-electron chi connectivity index (χ3n) is 4.77. The van der Waals surface area contributed by atoms with Gasteiger partial charge in [0.15, 0.2) is 6.04 Å². The largest absolute Gasteiger partial charge is 0.341 e. The topological polar surface area (TPSA) is 46.3 Å². The Hall–Kier alpha value is -1.98. The molecule has 2 aromatic rings. The molecule has 0 radical (unpaired) electrons. The maximum absolute atomic E-state index is 14.8. The van der Waals surface area contributed by atoms with Crippen molar-refractivity contribution in [2.75, 3.05) is 13.1 Å². The lowest BCUT2D eigenvalue weighted by Gasteiger charge is -2.32. The van der Waals surface area contributed by atoms with Gasteiger partial charge in [0.05, 0.1) is 0 Å². The molecule has 0 bridgehead atoms. The van der Waals surface area contributed by atoms with Gasteiger partial charge in [-0.2, -0.15) is 8.78 Å². The quantitative estimate of drug-likeness (QED) is 0.855. The Labute approximate surface area is 156 Å². The lowest BCUT2D eigenvalue weighted by Crippen LogP contribution is -2.53. The highest BCUT2D eigenvalue weighted by molar-refractivity contribution is 6.30. The van der Waals surface area contributed by atoms with Crippen LogP contribution in [-0.2, 0) is 10.7 Å². The summed E-state index contributed by atoms with van der Waals surface area (Å²) >= 11 is 5.86. The Morgan fingerprint density at radius 3 is 2.00 bits per heavy atom. The number of hydrogen-bond acceptors (Lipinski definition) is 2. The number of amides is 1. The molecular formula is C20H21ClF2N2O. The van der Waals surface area contributed by atoms with Gasteiger partial charge in [0.25, 0.3) is 5.92 Å². The van der Waals surface area contributed by atoms with E-state index < -0.39 is 17.9 Å². The second-order valence-corrected chi connectivity index (χ2v) is 7.01. The molecule has 2 N–H and O–H groups in total. The van der Waals surface area contributed by atoms with Crippen LogP contribution in [0.2, 0.25) is 5.02 Å². The molecule has 1 unspecified atom stereocenters. The third kappa shape index (κ3) is 3.89. The minimum absolute atomic E-state index is 0.256. The van der Waals surface area contributed by atoms with Crippen molar-refractivity contribution in [2.24, 2.45) is 5.73 Å². The fraction of sp³-hybridized carbons (Fsp3) is 0.350. The van der Waals surface area contributed by atoms with Crippen molar-refractivity contribution in [3.63, 3.8) is 0 Å². The van der Waals surface area contributed by atoms with Gasteiger partial charge in [-0.05, 0) is 42.5 Å². The molecular weight excluding hydrogens is 358 g/mol. The predicted molar refractivity (Wildman–Crippen MR) is 99.2 cm³/mol. The van der Waals surface area contributed by atoms with E-state index in [2.05, 4.69) is 0 Å². The van der Waals surface area contributed by atoms with Crippen LogP contribution in [0.15, 0.2) is 48.5 Å². The van der Waals surface area contributed by atoms with Crippen molar-refractivity contribution < 1.29 is 13.6 Å². The summed E-state index contributed by atoms with van der Waals surface area (Å²) in [6, 6.07) is 11.1. The summed E-state index contributed by atoms with van der Waals surface area (Å²) < 4.78 is 29.5. The van der Waals surface area contributed by atoms with E-state index >= 15 is 0 Å². The Balaban J connectivity index is 1.77. The van der Waals surface area contributed by atoms with Crippen LogP contribution in [0.4, 0.5) is 8.78 Å². The molecule has 0 aliphatic carbocycles. The van der Waals surface area contributed by atoms with Gasteiger partial charge in [0.1, 0.15) is 0 Å². The highest BCUT2D eigenvalue weighted by Crippen LogP contribution is 2.33. The minimum atomic E-state index is -3.42. The van der Waals surface area contributed by atoms with Crippen molar-refractivity contribution >= 4 is 17.5 Å². The van der Waals surface area contributed by atoms with Crippen molar-refractivity contribution in [3.05, 3.63) is 59.1 Å². The number of carbonyl (C=O) groups excluding carboxylic acids is 1. The summed E-state index contributed by atoms with van der Waals surface area (Å²) in [4.78, 5) is 13.8. The molecule has 0 saturated carbocycles. The second kappa shape index (κ2) is 7.72. The average Bonchev–Trinajstić information content (AvgIpc) is 2.68. The van der Waals surface area contributed by atoms with Crippen LogP contribution in [0.5, 0.6) is 0 Å². The van der Waals surface area contributed by atoms with Crippen LogP contribution in [0.25, 0.3) is 11.1 Å². The summed E-state index contributed by atoms with van der Waals surface area (Å²) in [7, 11) is 0. The van der Waals surface area contributed by atoms with E-state index in [0.29, 0.717) is 18.1 Å². The fourth-order valence-corrected chi connectivity index (χ4v) is 3.30. The number of benzene rings is 2. The minimum Gasteiger partial charge on any atom is -0.341 e. The molecule has 1 aliphatic heterocycles. The predicted octanol–water partition coefficient (Wildman–Crippen LogP) is 4.44. The first-order valence-corrected chi connectivity index (χ1v) is 9.06. The number of hydrogen-bond donors (Lipinski definition) is 1. The molecule has 1 heterocycles. The molecule has 3 nitrogen and oxygen atoms in total. The first-order chi connectivity index (χ1) is 12.4. The first kappa shape index (κ1) is 18.8. The van der Waals surface area contributed by atoms with Gasteiger partial charge in [0, 0.05) is 23.7 Å². The van der Waals surface area contributed by atoms with Crippen LogP contribution < -0.4 is 5.73 Å². The van der Waals surface area contributed by atoms with E-state index in [-0.39, 0.29) is 5.56 Å². The van der Waals surface area contributed by atoms with Crippen LogP contribution in [0.3, 0.4) is 0 Å². The third-order valence-corrected chi connectivity index (χ3v) is 5.02. The van der Waals surface area contributed by atoms with E-state index in [0.717, 1.165) is 30.4 Å². The van der Waals surface area contributed by atoms with Gasteiger partial charge >= 0.3 is 0 Å². The Morgan fingerprint density at radius 2 is 1.46 bits per heavy atom. The normalized spacial score (nSPS) is 16.4. The number of rotatable bonds is 4. The second-order valence-electron chi connectivity index (χ2n) is 6.57. The molecule has 1 aliphatic rings. The lowest BCUT2D eigenvalue weighted by molar-refractivity contribution is -0.144. The lowest BCUT2D eigenvalue weighted by atomic mass is 9.97. The number of piperidine rings is 1. The molecule has 1 atom stereocenters. The van der Waals surface area contributed by atoms with Crippen molar-refractivity contribution in [1.82, 2.24) is 4.90 Å². The highest BCUT2D eigenvalue weighted by Gasteiger charge is 2.45. The number of likely N-dealkylation sites (tertiary alicyclic amines) is 1. The molecule has 1 fully saturated rings. The van der Waals surface area contributed by atoms with Gasteiger partial charge in [-0.25, -0.2) is 0 Å². The molecule has 0 aromatic heterocycles. The SMILES string of the molecule is NC(C(=O)N1CCCCC1)C(F)(F)c1ccc(-c2ccc(Cl)cc2)cc1. The zero-order valence-corrected chi connectivity index (χ0v) is 15.1.